The van der Waals surface area contributed by atoms with Crippen LogP contribution in [0.15, 0.2) is 72.3 Å². The average molecular weight is 489 g/mol. The number of benzene rings is 3. The van der Waals surface area contributed by atoms with E-state index in [4.69, 9.17) is 21.1 Å². The predicted molar refractivity (Wildman–Crippen MR) is 141 cm³/mol. The van der Waals surface area contributed by atoms with E-state index >= 15 is 0 Å². The van der Waals surface area contributed by atoms with E-state index in [1.807, 2.05) is 37.3 Å². The summed E-state index contributed by atoms with van der Waals surface area (Å²) in [5, 5.41) is 12.8. The number of aryl methyl sites for hydroxylation is 1. The first kappa shape index (κ1) is 25.9. The topological polar surface area (TPSA) is 71.3 Å². The SMILES string of the molecule is CCC(C)c1ccc(OCCOc2ccc(Cl)cc2C=C(C#N)C(=O)Nc2ccc(C)cc2)cc1. The van der Waals surface area contributed by atoms with Crippen LogP contribution in [-0.2, 0) is 4.79 Å². The average Bonchev–Trinajstić information content (AvgIpc) is 2.87. The Morgan fingerprint density at radius 1 is 1.06 bits per heavy atom. The van der Waals surface area contributed by atoms with Gasteiger partial charge in [-0.2, -0.15) is 5.26 Å². The van der Waals surface area contributed by atoms with Gasteiger partial charge in [0.15, 0.2) is 0 Å². The third-order valence-electron chi connectivity index (χ3n) is 5.62. The highest BCUT2D eigenvalue weighted by atomic mass is 35.5. The highest BCUT2D eigenvalue weighted by Crippen LogP contribution is 2.26. The number of amides is 1. The maximum atomic E-state index is 12.6. The van der Waals surface area contributed by atoms with Crippen molar-refractivity contribution in [3.05, 3.63) is 94.0 Å². The van der Waals surface area contributed by atoms with E-state index in [1.165, 1.54) is 11.6 Å². The Bertz CT molecular complexity index is 1210. The summed E-state index contributed by atoms with van der Waals surface area (Å²) in [7, 11) is 0. The Hall–Kier alpha value is -3.75. The molecule has 0 aliphatic heterocycles. The lowest BCUT2D eigenvalue weighted by Gasteiger charge is -2.13. The molecule has 1 amide bonds. The van der Waals surface area contributed by atoms with Gasteiger partial charge in [0.1, 0.15) is 36.4 Å². The Balaban J connectivity index is 1.64. The minimum atomic E-state index is -0.508. The van der Waals surface area contributed by atoms with Crippen LogP contribution in [0.1, 0.15) is 42.9 Å². The fraction of sp³-hybridized carbons (Fsp3) is 0.241. The maximum absolute atomic E-state index is 12.6. The summed E-state index contributed by atoms with van der Waals surface area (Å²) in [6, 6.07) is 22.4. The predicted octanol–water partition coefficient (Wildman–Crippen LogP) is 7.17. The summed E-state index contributed by atoms with van der Waals surface area (Å²) >= 11 is 6.16. The largest absolute Gasteiger partial charge is 0.490 e. The molecule has 0 bridgehead atoms. The summed E-state index contributed by atoms with van der Waals surface area (Å²) in [4.78, 5) is 12.6. The number of nitriles is 1. The molecule has 3 aromatic rings. The fourth-order valence-corrected chi connectivity index (χ4v) is 3.52. The fourth-order valence-electron chi connectivity index (χ4n) is 3.34. The van der Waals surface area contributed by atoms with Crippen LogP contribution < -0.4 is 14.8 Å². The van der Waals surface area contributed by atoms with Crippen LogP contribution in [0.25, 0.3) is 6.08 Å². The lowest BCUT2D eigenvalue weighted by atomic mass is 9.99. The van der Waals surface area contributed by atoms with Gasteiger partial charge in [-0.05, 0) is 73.4 Å². The quantitative estimate of drug-likeness (QED) is 0.186. The van der Waals surface area contributed by atoms with E-state index < -0.39 is 5.91 Å². The number of carbonyl (C=O) groups excluding carboxylic acids is 1. The third kappa shape index (κ3) is 7.63. The Morgan fingerprint density at radius 3 is 2.40 bits per heavy atom. The van der Waals surface area contributed by atoms with Gasteiger partial charge >= 0.3 is 0 Å². The van der Waals surface area contributed by atoms with Crippen LogP contribution in [-0.4, -0.2) is 19.1 Å². The van der Waals surface area contributed by atoms with Crippen molar-refractivity contribution in [1.29, 1.82) is 5.26 Å². The van der Waals surface area contributed by atoms with Crippen molar-refractivity contribution in [1.82, 2.24) is 0 Å². The Morgan fingerprint density at radius 2 is 1.74 bits per heavy atom. The smallest absolute Gasteiger partial charge is 0.266 e. The van der Waals surface area contributed by atoms with Crippen molar-refractivity contribution in [3.8, 4) is 17.6 Å². The number of hydrogen-bond acceptors (Lipinski definition) is 4. The zero-order chi connectivity index (χ0) is 25.2. The summed E-state index contributed by atoms with van der Waals surface area (Å²) in [5.74, 6) is 1.28. The second kappa shape index (κ2) is 12.6. The zero-order valence-corrected chi connectivity index (χ0v) is 20.9. The van der Waals surface area contributed by atoms with Crippen LogP contribution in [0.5, 0.6) is 11.5 Å². The number of hydrogen-bond donors (Lipinski definition) is 1. The molecule has 0 heterocycles. The molecule has 1 atom stereocenters. The number of nitrogens with one attached hydrogen (secondary N) is 1. The molecule has 0 radical (unpaired) electrons. The maximum Gasteiger partial charge on any atom is 0.266 e. The second-order valence-corrected chi connectivity index (χ2v) is 8.68. The molecule has 6 heteroatoms. The van der Waals surface area contributed by atoms with Gasteiger partial charge in [-0.15, -0.1) is 0 Å². The van der Waals surface area contributed by atoms with Gasteiger partial charge in [0.2, 0.25) is 0 Å². The summed E-state index contributed by atoms with van der Waals surface area (Å²) in [6.45, 7) is 6.95. The van der Waals surface area contributed by atoms with Crippen LogP contribution >= 0.6 is 11.6 Å². The molecule has 0 saturated carbocycles. The van der Waals surface area contributed by atoms with Crippen molar-refractivity contribution in [2.24, 2.45) is 0 Å². The van der Waals surface area contributed by atoms with Crippen LogP contribution in [0.3, 0.4) is 0 Å². The van der Waals surface area contributed by atoms with E-state index in [9.17, 15) is 10.1 Å². The highest BCUT2D eigenvalue weighted by molar-refractivity contribution is 6.30. The molecule has 0 aromatic heterocycles. The molecular formula is C29H29ClN2O3. The molecule has 3 rings (SSSR count). The molecular weight excluding hydrogens is 460 g/mol. The first-order valence-corrected chi connectivity index (χ1v) is 11.9. The van der Waals surface area contributed by atoms with E-state index in [-0.39, 0.29) is 12.2 Å². The molecule has 0 aliphatic rings. The first-order chi connectivity index (χ1) is 16.9. The lowest BCUT2D eigenvalue weighted by Crippen LogP contribution is -2.13. The number of nitrogens with zero attached hydrogens (tertiary/aromatic N) is 1. The van der Waals surface area contributed by atoms with Gasteiger partial charge in [-0.1, -0.05) is 55.3 Å². The monoisotopic (exact) mass is 488 g/mol. The van der Waals surface area contributed by atoms with Crippen molar-refractivity contribution < 1.29 is 14.3 Å². The van der Waals surface area contributed by atoms with Gasteiger partial charge in [-0.3, -0.25) is 4.79 Å². The van der Waals surface area contributed by atoms with E-state index in [1.54, 1.807) is 30.3 Å². The van der Waals surface area contributed by atoms with Crippen molar-refractivity contribution in [2.45, 2.75) is 33.1 Å². The third-order valence-corrected chi connectivity index (χ3v) is 5.85. The highest BCUT2D eigenvalue weighted by Gasteiger charge is 2.12. The van der Waals surface area contributed by atoms with Gasteiger partial charge in [0.25, 0.3) is 5.91 Å². The lowest BCUT2D eigenvalue weighted by molar-refractivity contribution is -0.112. The van der Waals surface area contributed by atoms with E-state index in [2.05, 4.69) is 31.3 Å². The molecule has 5 nitrogen and oxygen atoms in total. The van der Waals surface area contributed by atoms with Gasteiger partial charge in [-0.25, -0.2) is 0 Å². The number of ether oxygens (including phenoxy) is 2. The summed E-state index contributed by atoms with van der Waals surface area (Å²) < 4.78 is 11.7. The number of anilines is 1. The second-order valence-electron chi connectivity index (χ2n) is 8.25. The number of halogens is 1. The minimum Gasteiger partial charge on any atom is -0.490 e. The standard InChI is InChI=1S/C29H29ClN2O3/c1-4-21(3)22-7-12-27(13-8-22)34-15-16-35-28-14-9-25(30)18-23(28)17-24(19-31)29(33)32-26-10-5-20(2)6-11-26/h5-14,17-18,21H,4,15-16H2,1-3H3,(H,32,33). The molecule has 0 fully saturated rings. The Kier molecular flexibility index (Phi) is 9.34. The molecule has 0 aliphatic carbocycles. The molecule has 0 spiro atoms. The summed E-state index contributed by atoms with van der Waals surface area (Å²) in [6.07, 6.45) is 2.56. The summed E-state index contributed by atoms with van der Waals surface area (Å²) in [5.41, 5.74) is 3.44. The van der Waals surface area contributed by atoms with Crippen LogP contribution in [0.4, 0.5) is 5.69 Å². The molecule has 35 heavy (non-hydrogen) atoms. The van der Waals surface area contributed by atoms with Crippen LogP contribution in [0.2, 0.25) is 5.02 Å². The van der Waals surface area contributed by atoms with Gasteiger partial charge in [0.05, 0.1) is 0 Å². The molecule has 1 N–H and O–H groups in total. The van der Waals surface area contributed by atoms with Gasteiger partial charge in [0, 0.05) is 16.3 Å². The number of carbonyl (C=O) groups is 1. The van der Waals surface area contributed by atoms with Crippen molar-refractivity contribution in [2.75, 3.05) is 18.5 Å². The van der Waals surface area contributed by atoms with Crippen molar-refractivity contribution >= 4 is 29.3 Å². The number of rotatable bonds is 10. The zero-order valence-electron chi connectivity index (χ0n) is 20.2. The molecule has 3 aromatic carbocycles. The van der Waals surface area contributed by atoms with E-state index in [0.717, 1.165) is 17.7 Å². The van der Waals surface area contributed by atoms with Gasteiger partial charge < -0.3 is 14.8 Å². The Labute approximate surface area is 212 Å². The molecule has 0 saturated heterocycles. The van der Waals surface area contributed by atoms with Crippen molar-refractivity contribution in [3.63, 3.8) is 0 Å². The van der Waals surface area contributed by atoms with Crippen LogP contribution in [0, 0.1) is 18.3 Å². The minimum absolute atomic E-state index is 0.0599. The normalized spacial score (nSPS) is 11.9. The molecule has 1 unspecified atom stereocenters. The van der Waals surface area contributed by atoms with E-state index in [0.29, 0.717) is 34.5 Å². The first-order valence-electron chi connectivity index (χ1n) is 11.5. The molecule has 180 valence electrons.